The van der Waals surface area contributed by atoms with E-state index in [1.807, 2.05) is 0 Å². The Morgan fingerprint density at radius 2 is 2.36 bits per heavy atom. The molecule has 1 aliphatic heterocycles. The van der Waals surface area contributed by atoms with Crippen LogP contribution in [0.3, 0.4) is 0 Å². The summed E-state index contributed by atoms with van der Waals surface area (Å²) in [6.07, 6.45) is 5.74. The molecule has 0 bridgehead atoms. The van der Waals surface area contributed by atoms with Gasteiger partial charge in [-0.1, -0.05) is 19.8 Å². The lowest BCUT2D eigenvalue weighted by Gasteiger charge is -2.24. The van der Waals surface area contributed by atoms with Gasteiger partial charge in [-0.3, -0.25) is 0 Å². The molecule has 14 heavy (non-hydrogen) atoms. The van der Waals surface area contributed by atoms with E-state index in [-0.39, 0.29) is 6.10 Å². The first kappa shape index (κ1) is 12.0. The molecule has 3 N–H and O–H groups in total. The molecule has 1 rings (SSSR count). The number of nitrogens with one attached hydrogen (secondary N) is 2. The van der Waals surface area contributed by atoms with Crippen LogP contribution >= 0.6 is 0 Å². The summed E-state index contributed by atoms with van der Waals surface area (Å²) < 4.78 is 0. The molecule has 1 aliphatic rings. The first-order valence-corrected chi connectivity index (χ1v) is 5.95. The highest BCUT2D eigenvalue weighted by atomic mass is 16.3. The van der Waals surface area contributed by atoms with Crippen LogP contribution in [0.25, 0.3) is 0 Å². The average Bonchev–Trinajstić information content (AvgIpc) is 2.20. The summed E-state index contributed by atoms with van der Waals surface area (Å²) in [6.45, 7) is 5.00. The smallest absolute Gasteiger partial charge is 0.0664 e. The van der Waals surface area contributed by atoms with Crippen LogP contribution in [0.4, 0.5) is 0 Å². The number of hydrogen-bond acceptors (Lipinski definition) is 3. The molecule has 2 unspecified atom stereocenters. The van der Waals surface area contributed by atoms with Crippen LogP contribution in [0.1, 0.15) is 39.0 Å². The Kier molecular flexibility index (Phi) is 6.15. The number of piperidine rings is 1. The third kappa shape index (κ3) is 4.94. The fourth-order valence-corrected chi connectivity index (χ4v) is 1.96. The third-order valence-corrected chi connectivity index (χ3v) is 2.80. The standard InChI is InChI=1S/C11H24N2O/c1-2-5-11(14)9-12-8-10-6-3-4-7-13-10/h10-14H,2-9H2,1H3. The highest BCUT2D eigenvalue weighted by molar-refractivity contribution is 4.74. The van der Waals surface area contributed by atoms with Crippen molar-refractivity contribution in [1.82, 2.24) is 10.6 Å². The summed E-state index contributed by atoms with van der Waals surface area (Å²) in [6, 6.07) is 0.623. The average molecular weight is 200 g/mol. The quantitative estimate of drug-likeness (QED) is 0.596. The lowest BCUT2D eigenvalue weighted by molar-refractivity contribution is 0.159. The third-order valence-electron chi connectivity index (χ3n) is 2.80. The first-order chi connectivity index (χ1) is 6.83. The molecule has 1 saturated heterocycles. The molecule has 2 atom stereocenters. The molecule has 1 fully saturated rings. The number of hydrogen-bond donors (Lipinski definition) is 3. The van der Waals surface area contributed by atoms with Gasteiger partial charge in [0, 0.05) is 19.1 Å². The lowest BCUT2D eigenvalue weighted by Crippen LogP contribution is -2.43. The van der Waals surface area contributed by atoms with Crippen molar-refractivity contribution in [2.75, 3.05) is 19.6 Å². The van der Waals surface area contributed by atoms with E-state index in [0.717, 1.165) is 32.5 Å². The highest BCUT2D eigenvalue weighted by Gasteiger charge is 2.12. The Hall–Kier alpha value is -0.120. The van der Waals surface area contributed by atoms with Gasteiger partial charge in [0.05, 0.1) is 6.10 Å². The lowest BCUT2D eigenvalue weighted by atomic mass is 10.1. The summed E-state index contributed by atoms with van der Waals surface area (Å²) in [5.41, 5.74) is 0. The van der Waals surface area contributed by atoms with Crippen LogP contribution in [0.5, 0.6) is 0 Å². The van der Waals surface area contributed by atoms with E-state index in [0.29, 0.717) is 6.04 Å². The minimum absolute atomic E-state index is 0.163. The Balaban J connectivity index is 1.96. The van der Waals surface area contributed by atoms with Crippen LogP contribution in [-0.4, -0.2) is 36.9 Å². The van der Waals surface area contributed by atoms with Gasteiger partial charge >= 0.3 is 0 Å². The zero-order valence-electron chi connectivity index (χ0n) is 9.26. The van der Waals surface area contributed by atoms with Gasteiger partial charge in [-0.05, 0) is 25.8 Å². The monoisotopic (exact) mass is 200 g/mol. The predicted molar refractivity (Wildman–Crippen MR) is 59.4 cm³/mol. The number of rotatable bonds is 6. The maximum absolute atomic E-state index is 9.50. The van der Waals surface area contributed by atoms with Crippen molar-refractivity contribution in [3.05, 3.63) is 0 Å². The second kappa shape index (κ2) is 7.21. The van der Waals surface area contributed by atoms with Gasteiger partial charge < -0.3 is 15.7 Å². The summed E-state index contributed by atoms with van der Waals surface area (Å²) in [5, 5.41) is 16.3. The van der Waals surface area contributed by atoms with Gasteiger partial charge in [0.25, 0.3) is 0 Å². The van der Waals surface area contributed by atoms with Crippen molar-refractivity contribution in [3.63, 3.8) is 0 Å². The Labute approximate surface area is 87.3 Å². The minimum Gasteiger partial charge on any atom is -0.392 e. The van der Waals surface area contributed by atoms with E-state index >= 15 is 0 Å². The van der Waals surface area contributed by atoms with E-state index in [2.05, 4.69) is 17.6 Å². The van der Waals surface area contributed by atoms with Crippen molar-refractivity contribution < 1.29 is 5.11 Å². The molecule has 0 spiro atoms. The maximum atomic E-state index is 9.50. The molecule has 1 heterocycles. The van der Waals surface area contributed by atoms with E-state index in [4.69, 9.17) is 0 Å². The molecular formula is C11H24N2O. The molecule has 3 heteroatoms. The zero-order valence-corrected chi connectivity index (χ0v) is 9.26. The van der Waals surface area contributed by atoms with Crippen LogP contribution in [0.15, 0.2) is 0 Å². The summed E-state index contributed by atoms with van der Waals surface area (Å²) >= 11 is 0. The molecule has 84 valence electrons. The Morgan fingerprint density at radius 3 is 3.00 bits per heavy atom. The molecule has 0 aromatic rings. The summed E-state index contributed by atoms with van der Waals surface area (Å²) in [4.78, 5) is 0. The molecule has 0 amide bonds. The minimum atomic E-state index is -0.163. The zero-order chi connectivity index (χ0) is 10.2. The molecule has 0 radical (unpaired) electrons. The van der Waals surface area contributed by atoms with Gasteiger partial charge in [-0.15, -0.1) is 0 Å². The largest absolute Gasteiger partial charge is 0.392 e. The molecule has 3 nitrogen and oxygen atoms in total. The number of aliphatic hydroxyl groups excluding tert-OH is 1. The van der Waals surface area contributed by atoms with E-state index in [9.17, 15) is 5.11 Å². The first-order valence-electron chi connectivity index (χ1n) is 5.95. The van der Waals surface area contributed by atoms with E-state index < -0.39 is 0 Å². The summed E-state index contributed by atoms with van der Waals surface area (Å²) in [5.74, 6) is 0. The topological polar surface area (TPSA) is 44.3 Å². The molecule has 0 aromatic heterocycles. The van der Waals surface area contributed by atoms with Gasteiger partial charge in [0.2, 0.25) is 0 Å². The fourth-order valence-electron chi connectivity index (χ4n) is 1.96. The summed E-state index contributed by atoms with van der Waals surface area (Å²) in [7, 11) is 0. The maximum Gasteiger partial charge on any atom is 0.0664 e. The van der Waals surface area contributed by atoms with Crippen molar-refractivity contribution in [2.24, 2.45) is 0 Å². The second-order valence-corrected chi connectivity index (χ2v) is 4.25. The van der Waals surface area contributed by atoms with Crippen LogP contribution < -0.4 is 10.6 Å². The van der Waals surface area contributed by atoms with Crippen LogP contribution in [0.2, 0.25) is 0 Å². The van der Waals surface area contributed by atoms with Crippen molar-refractivity contribution in [2.45, 2.75) is 51.2 Å². The van der Waals surface area contributed by atoms with Crippen LogP contribution in [0, 0.1) is 0 Å². The van der Waals surface area contributed by atoms with Crippen LogP contribution in [-0.2, 0) is 0 Å². The molecular weight excluding hydrogens is 176 g/mol. The SMILES string of the molecule is CCCC(O)CNCC1CCCCN1. The second-order valence-electron chi connectivity index (χ2n) is 4.25. The van der Waals surface area contributed by atoms with E-state index in [1.54, 1.807) is 0 Å². The van der Waals surface area contributed by atoms with Gasteiger partial charge in [-0.25, -0.2) is 0 Å². The van der Waals surface area contributed by atoms with Gasteiger partial charge in [0.15, 0.2) is 0 Å². The molecule has 0 aromatic carbocycles. The normalized spacial score (nSPS) is 24.9. The molecule has 0 aliphatic carbocycles. The number of aliphatic hydroxyl groups is 1. The van der Waals surface area contributed by atoms with E-state index in [1.165, 1.54) is 19.3 Å². The Morgan fingerprint density at radius 1 is 1.50 bits per heavy atom. The van der Waals surface area contributed by atoms with Gasteiger partial charge in [0.1, 0.15) is 0 Å². The highest BCUT2D eigenvalue weighted by Crippen LogP contribution is 2.05. The predicted octanol–water partition coefficient (Wildman–Crippen LogP) is 0.879. The Bertz CT molecular complexity index is 135. The molecule has 0 saturated carbocycles. The van der Waals surface area contributed by atoms with Crippen molar-refractivity contribution >= 4 is 0 Å². The van der Waals surface area contributed by atoms with Gasteiger partial charge in [-0.2, -0.15) is 0 Å². The fraction of sp³-hybridized carbons (Fsp3) is 1.00. The van der Waals surface area contributed by atoms with Crippen molar-refractivity contribution in [3.8, 4) is 0 Å². The van der Waals surface area contributed by atoms with Crippen molar-refractivity contribution in [1.29, 1.82) is 0 Å².